The van der Waals surface area contributed by atoms with E-state index in [0.29, 0.717) is 30.4 Å². The van der Waals surface area contributed by atoms with E-state index < -0.39 is 0 Å². The summed E-state index contributed by atoms with van der Waals surface area (Å²) in [6, 6.07) is 11.5. The zero-order valence-corrected chi connectivity index (χ0v) is 15.4. The average Bonchev–Trinajstić information content (AvgIpc) is 3.10. The van der Waals surface area contributed by atoms with E-state index in [-0.39, 0.29) is 11.9 Å². The van der Waals surface area contributed by atoms with E-state index >= 15 is 0 Å². The van der Waals surface area contributed by atoms with E-state index in [1.54, 1.807) is 22.3 Å². The highest BCUT2D eigenvalue weighted by Gasteiger charge is 2.15. The average molecular weight is 346 g/mol. The van der Waals surface area contributed by atoms with Gasteiger partial charge in [0.25, 0.3) is 5.91 Å². The Morgan fingerprint density at radius 1 is 1.29 bits per heavy atom. The highest BCUT2D eigenvalue weighted by molar-refractivity contribution is 7.09. The van der Waals surface area contributed by atoms with Gasteiger partial charge in [0.05, 0.1) is 0 Å². The second kappa shape index (κ2) is 8.85. The fourth-order valence-corrected chi connectivity index (χ4v) is 2.88. The number of hydrogen-bond donors (Lipinski definition) is 1. The Bertz CT molecular complexity index is 641. The van der Waals surface area contributed by atoms with Crippen LogP contribution in [-0.2, 0) is 6.61 Å². The van der Waals surface area contributed by atoms with Gasteiger partial charge in [-0.2, -0.15) is 0 Å². The topological polar surface area (TPSA) is 55.6 Å². The van der Waals surface area contributed by atoms with Crippen LogP contribution in [0.3, 0.4) is 0 Å². The highest BCUT2D eigenvalue weighted by Crippen LogP contribution is 2.18. The van der Waals surface area contributed by atoms with E-state index in [2.05, 4.69) is 13.8 Å². The van der Waals surface area contributed by atoms with Crippen molar-refractivity contribution in [2.75, 3.05) is 13.6 Å². The summed E-state index contributed by atoms with van der Waals surface area (Å²) in [6.45, 7) is 5.37. The first-order valence-electron chi connectivity index (χ1n) is 8.23. The Hall–Kier alpha value is -1.85. The summed E-state index contributed by atoms with van der Waals surface area (Å²) in [5.41, 5.74) is 6.69. The van der Waals surface area contributed by atoms with Crippen molar-refractivity contribution in [3.05, 3.63) is 52.2 Å². The molecule has 1 atom stereocenters. The molecule has 0 aliphatic rings. The number of amides is 1. The molecule has 0 saturated heterocycles. The number of hydrogen-bond acceptors (Lipinski definition) is 4. The number of carbonyl (C=O) groups excluding carboxylic acids is 1. The van der Waals surface area contributed by atoms with Crippen LogP contribution in [0.5, 0.6) is 5.75 Å². The third kappa shape index (κ3) is 5.35. The smallest absolute Gasteiger partial charge is 0.253 e. The molecular weight excluding hydrogens is 320 g/mol. The molecule has 0 saturated carbocycles. The number of carbonyl (C=O) groups is 1. The molecule has 1 heterocycles. The summed E-state index contributed by atoms with van der Waals surface area (Å²) in [4.78, 5) is 15.4. The van der Waals surface area contributed by atoms with Crippen molar-refractivity contribution in [1.29, 1.82) is 0 Å². The fraction of sp³-hybridized carbons (Fsp3) is 0.421. The molecule has 1 aromatic carbocycles. The number of nitrogens with zero attached hydrogens (tertiary/aromatic N) is 1. The lowest BCUT2D eigenvalue weighted by atomic mass is 10.0. The third-order valence-electron chi connectivity index (χ3n) is 4.04. The molecule has 4 nitrogen and oxygen atoms in total. The summed E-state index contributed by atoms with van der Waals surface area (Å²) in [5, 5.41) is 2.02. The molecule has 2 rings (SSSR count). The van der Waals surface area contributed by atoms with Crippen LogP contribution in [0.4, 0.5) is 0 Å². The first-order valence-corrected chi connectivity index (χ1v) is 9.11. The number of rotatable bonds is 8. The zero-order valence-electron chi connectivity index (χ0n) is 14.6. The molecule has 0 aliphatic carbocycles. The second-order valence-electron chi connectivity index (χ2n) is 6.32. The SMILES string of the molecule is CC(C)C(N)CCN(C)C(=O)c1cccc(OCc2cccs2)c1. The molecule has 5 heteroatoms. The van der Waals surface area contributed by atoms with Gasteiger partial charge in [0.1, 0.15) is 12.4 Å². The summed E-state index contributed by atoms with van der Waals surface area (Å²) in [7, 11) is 1.81. The minimum absolute atomic E-state index is 0.00692. The first-order chi connectivity index (χ1) is 11.5. The minimum Gasteiger partial charge on any atom is -0.488 e. The van der Waals surface area contributed by atoms with Crippen molar-refractivity contribution >= 4 is 17.2 Å². The van der Waals surface area contributed by atoms with Crippen LogP contribution < -0.4 is 10.5 Å². The Balaban J connectivity index is 1.92. The zero-order chi connectivity index (χ0) is 17.5. The third-order valence-corrected chi connectivity index (χ3v) is 4.89. The van der Waals surface area contributed by atoms with Gasteiger partial charge in [-0.3, -0.25) is 4.79 Å². The molecule has 0 radical (unpaired) electrons. The molecule has 1 aromatic heterocycles. The number of nitrogens with two attached hydrogens (primary N) is 1. The van der Waals surface area contributed by atoms with Crippen molar-refractivity contribution in [2.24, 2.45) is 11.7 Å². The maximum atomic E-state index is 12.5. The van der Waals surface area contributed by atoms with Gasteiger partial charge >= 0.3 is 0 Å². The van der Waals surface area contributed by atoms with Crippen molar-refractivity contribution in [3.63, 3.8) is 0 Å². The molecule has 0 spiro atoms. The molecule has 1 amide bonds. The van der Waals surface area contributed by atoms with Gasteiger partial charge in [-0.05, 0) is 42.0 Å². The second-order valence-corrected chi connectivity index (χ2v) is 7.35. The molecule has 0 fully saturated rings. The molecule has 24 heavy (non-hydrogen) atoms. The number of ether oxygens (including phenoxy) is 1. The molecule has 130 valence electrons. The standard InChI is InChI=1S/C19H26N2O2S/c1-14(2)18(20)9-10-21(3)19(22)15-6-4-7-16(12-15)23-13-17-8-5-11-24-17/h4-8,11-12,14,18H,9-10,13,20H2,1-3H3. The van der Waals surface area contributed by atoms with Crippen LogP contribution in [0.25, 0.3) is 0 Å². The van der Waals surface area contributed by atoms with Gasteiger partial charge < -0.3 is 15.4 Å². The van der Waals surface area contributed by atoms with E-state index in [0.717, 1.165) is 11.3 Å². The molecule has 2 aromatic rings. The van der Waals surface area contributed by atoms with E-state index in [1.165, 1.54) is 0 Å². The van der Waals surface area contributed by atoms with Gasteiger partial charge in [-0.25, -0.2) is 0 Å². The number of benzene rings is 1. The predicted octanol–water partition coefficient (Wildman–Crippen LogP) is 3.77. The monoisotopic (exact) mass is 346 g/mol. The van der Waals surface area contributed by atoms with Crippen LogP contribution in [0.1, 0.15) is 35.5 Å². The van der Waals surface area contributed by atoms with Gasteiger partial charge in [-0.15, -0.1) is 11.3 Å². The molecule has 2 N–H and O–H groups in total. The Morgan fingerprint density at radius 3 is 2.75 bits per heavy atom. The maximum absolute atomic E-state index is 12.5. The van der Waals surface area contributed by atoms with Gasteiger partial charge in [-0.1, -0.05) is 26.0 Å². The van der Waals surface area contributed by atoms with Crippen LogP contribution in [0.2, 0.25) is 0 Å². The minimum atomic E-state index is -0.00692. The normalized spacial score (nSPS) is 12.2. The quantitative estimate of drug-likeness (QED) is 0.791. The van der Waals surface area contributed by atoms with Crippen molar-refractivity contribution in [1.82, 2.24) is 4.90 Å². The van der Waals surface area contributed by atoms with Crippen LogP contribution in [0, 0.1) is 5.92 Å². The maximum Gasteiger partial charge on any atom is 0.253 e. The number of thiophene rings is 1. The van der Waals surface area contributed by atoms with Gasteiger partial charge in [0.2, 0.25) is 0 Å². The van der Waals surface area contributed by atoms with E-state index in [4.69, 9.17) is 10.5 Å². The largest absolute Gasteiger partial charge is 0.488 e. The molecule has 0 aliphatic heterocycles. The molecule has 0 bridgehead atoms. The van der Waals surface area contributed by atoms with Crippen molar-refractivity contribution in [2.45, 2.75) is 32.9 Å². The summed E-state index contributed by atoms with van der Waals surface area (Å²) < 4.78 is 5.77. The van der Waals surface area contributed by atoms with Gasteiger partial charge in [0, 0.05) is 30.1 Å². The Kier molecular flexibility index (Phi) is 6.82. The van der Waals surface area contributed by atoms with E-state index in [1.807, 2.05) is 42.8 Å². The van der Waals surface area contributed by atoms with Gasteiger partial charge in [0.15, 0.2) is 0 Å². The lowest BCUT2D eigenvalue weighted by Gasteiger charge is -2.21. The van der Waals surface area contributed by atoms with Crippen LogP contribution in [0.15, 0.2) is 41.8 Å². The Morgan fingerprint density at radius 2 is 2.08 bits per heavy atom. The Labute approximate surface area is 148 Å². The molecular formula is C19H26N2O2S. The highest BCUT2D eigenvalue weighted by atomic mass is 32.1. The summed E-state index contributed by atoms with van der Waals surface area (Å²) in [5.74, 6) is 1.12. The van der Waals surface area contributed by atoms with Crippen molar-refractivity contribution < 1.29 is 9.53 Å². The summed E-state index contributed by atoms with van der Waals surface area (Å²) >= 11 is 1.66. The molecule has 1 unspecified atom stereocenters. The van der Waals surface area contributed by atoms with Crippen LogP contribution >= 0.6 is 11.3 Å². The first kappa shape index (κ1) is 18.5. The van der Waals surface area contributed by atoms with E-state index in [9.17, 15) is 4.79 Å². The van der Waals surface area contributed by atoms with Crippen molar-refractivity contribution in [3.8, 4) is 5.75 Å². The van der Waals surface area contributed by atoms with Crippen LogP contribution in [-0.4, -0.2) is 30.4 Å². The lowest BCUT2D eigenvalue weighted by Crippen LogP contribution is -2.34. The predicted molar refractivity (Wildman–Crippen MR) is 99.5 cm³/mol. The fourth-order valence-electron chi connectivity index (χ4n) is 2.27. The summed E-state index contributed by atoms with van der Waals surface area (Å²) in [6.07, 6.45) is 0.800. The lowest BCUT2D eigenvalue weighted by molar-refractivity contribution is 0.0788.